The minimum atomic E-state index is 0.149. The van der Waals surface area contributed by atoms with Crippen LogP contribution in [0.25, 0.3) is 0 Å². The van der Waals surface area contributed by atoms with E-state index in [2.05, 4.69) is 66.9 Å². The monoisotopic (exact) mass is 317 g/mol. The lowest BCUT2D eigenvalue weighted by atomic mass is 10.1. The molecule has 2 unspecified atom stereocenters. The van der Waals surface area contributed by atoms with Crippen molar-refractivity contribution in [2.75, 3.05) is 10.6 Å². The van der Waals surface area contributed by atoms with Crippen molar-refractivity contribution in [2.45, 2.75) is 25.9 Å². The molecule has 2 atom stereocenters. The van der Waals surface area contributed by atoms with Crippen LogP contribution in [0.15, 0.2) is 78.9 Å². The molecule has 2 aromatic carbocycles. The van der Waals surface area contributed by atoms with Crippen molar-refractivity contribution in [1.82, 2.24) is 4.98 Å². The number of nitrogens with zero attached hydrogens (tertiary/aromatic N) is 1. The third-order valence-electron chi connectivity index (χ3n) is 3.99. The number of para-hydroxylation sites is 2. The predicted octanol–water partition coefficient (Wildman–Crippen LogP) is 5.43. The smallest absolute Gasteiger partial charge is 0.0657 e. The van der Waals surface area contributed by atoms with Crippen molar-refractivity contribution < 1.29 is 0 Å². The Kier molecular flexibility index (Phi) is 5.12. The van der Waals surface area contributed by atoms with Gasteiger partial charge in [-0.25, -0.2) is 0 Å². The summed E-state index contributed by atoms with van der Waals surface area (Å²) >= 11 is 0. The van der Waals surface area contributed by atoms with Crippen molar-refractivity contribution in [3.8, 4) is 0 Å². The Balaban J connectivity index is 1.71. The molecule has 0 radical (unpaired) electrons. The van der Waals surface area contributed by atoms with Crippen LogP contribution in [0, 0.1) is 0 Å². The first-order valence-corrected chi connectivity index (χ1v) is 8.32. The summed E-state index contributed by atoms with van der Waals surface area (Å²) in [6.45, 7) is 4.27. The molecular formula is C21H23N3. The zero-order valence-electron chi connectivity index (χ0n) is 14.1. The van der Waals surface area contributed by atoms with Gasteiger partial charge in [-0.05, 0) is 50.2 Å². The summed E-state index contributed by atoms with van der Waals surface area (Å²) < 4.78 is 0. The Bertz CT molecular complexity index is 694. The van der Waals surface area contributed by atoms with Gasteiger partial charge in [-0.3, -0.25) is 4.98 Å². The number of hydrogen-bond donors (Lipinski definition) is 2. The largest absolute Gasteiger partial charge is 0.377 e. The van der Waals surface area contributed by atoms with Gasteiger partial charge in [0.2, 0.25) is 0 Å². The van der Waals surface area contributed by atoms with Gasteiger partial charge in [0.15, 0.2) is 0 Å². The fourth-order valence-electron chi connectivity index (χ4n) is 2.67. The SMILES string of the molecule is CC(Nc1ccccc1)c1cccc(C(C)Nc2ccccc2)n1. The molecule has 122 valence electrons. The first-order chi connectivity index (χ1) is 11.7. The average Bonchev–Trinajstić information content (AvgIpc) is 2.63. The van der Waals surface area contributed by atoms with Crippen LogP contribution in [-0.2, 0) is 0 Å². The highest BCUT2D eigenvalue weighted by atomic mass is 15.0. The lowest BCUT2D eigenvalue weighted by molar-refractivity contribution is 0.781. The van der Waals surface area contributed by atoms with E-state index in [0.29, 0.717) is 0 Å². The molecule has 3 heteroatoms. The Morgan fingerprint density at radius 3 is 1.42 bits per heavy atom. The fourth-order valence-corrected chi connectivity index (χ4v) is 2.67. The topological polar surface area (TPSA) is 37.0 Å². The highest BCUT2D eigenvalue weighted by Crippen LogP contribution is 2.21. The van der Waals surface area contributed by atoms with Gasteiger partial charge in [-0.15, -0.1) is 0 Å². The molecule has 0 aliphatic heterocycles. The number of nitrogens with one attached hydrogen (secondary N) is 2. The lowest BCUT2D eigenvalue weighted by Gasteiger charge is -2.19. The molecule has 1 heterocycles. The van der Waals surface area contributed by atoms with Gasteiger partial charge >= 0.3 is 0 Å². The van der Waals surface area contributed by atoms with Gasteiger partial charge < -0.3 is 10.6 Å². The Labute approximate surface area is 143 Å². The highest BCUT2D eigenvalue weighted by Gasteiger charge is 2.11. The normalized spacial score (nSPS) is 13.1. The van der Waals surface area contributed by atoms with E-state index in [1.165, 1.54) is 0 Å². The molecule has 0 fully saturated rings. The summed E-state index contributed by atoms with van der Waals surface area (Å²) in [5.41, 5.74) is 4.29. The fraction of sp³-hybridized carbons (Fsp3) is 0.190. The molecule has 0 aliphatic rings. The Morgan fingerprint density at radius 2 is 1.00 bits per heavy atom. The van der Waals surface area contributed by atoms with E-state index < -0.39 is 0 Å². The van der Waals surface area contributed by atoms with Gasteiger partial charge in [0, 0.05) is 11.4 Å². The predicted molar refractivity (Wildman–Crippen MR) is 101 cm³/mol. The van der Waals surface area contributed by atoms with Gasteiger partial charge in [0.1, 0.15) is 0 Å². The zero-order valence-corrected chi connectivity index (χ0v) is 14.1. The van der Waals surface area contributed by atoms with E-state index in [-0.39, 0.29) is 12.1 Å². The van der Waals surface area contributed by atoms with Crippen LogP contribution in [0.2, 0.25) is 0 Å². The molecule has 3 nitrogen and oxygen atoms in total. The van der Waals surface area contributed by atoms with Crippen LogP contribution in [-0.4, -0.2) is 4.98 Å². The van der Waals surface area contributed by atoms with Crippen LogP contribution in [0.4, 0.5) is 11.4 Å². The summed E-state index contributed by atoms with van der Waals surface area (Å²) in [5.74, 6) is 0. The second-order valence-corrected chi connectivity index (χ2v) is 5.95. The third kappa shape index (κ3) is 4.13. The molecule has 0 spiro atoms. The van der Waals surface area contributed by atoms with Gasteiger partial charge in [0.25, 0.3) is 0 Å². The first-order valence-electron chi connectivity index (χ1n) is 8.32. The van der Waals surface area contributed by atoms with Crippen molar-refractivity contribution >= 4 is 11.4 Å². The molecule has 2 N–H and O–H groups in total. The first kappa shape index (κ1) is 16.1. The van der Waals surface area contributed by atoms with Gasteiger partial charge in [0.05, 0.1) is 23.5 Å². The Hall–Kier alpha value is -2.81. The Morgan fingerprint density at radius 1 is 0.583 bits per heavy atom. The molecule has 0 saturated carbocycles. The van der Waals surface area contributed by atoms with E-state index in [4.69, 9.17) is 4.98 Å². The maximum absolute atomic E-state index is 4.84. The summed E-state index contributed by atoms with van der Waals surface area (Å²) in [6, 6.07) is 27.0. The minimum absolute atomic E-state index is 0.149. The van der Waals surface area contributed by atoms with Crippen LogP contribution in [0.3, 0.4) is 0 Å². The quantitative estimate of drug-likeness (QED) is 0.636. The number of rotatable bonds is 6. The molecule has 0 aliphatic carbocycles. The average molecular weight is 317 g/mol. The molecule has 0 amide bonds. The van der Waals surface area contributed by atoms with Crippen molar-refractivity contribution in [3.05, 3.63) is 90.3 Å². The van der Waals surface area contributed by atoms with Crippen LogP contribution in [0.1, 0.15) is 37.3 Å². The van der Waals surface area contributed by atoms with Crippen LogP contribution >= 0.6 is 0 Å². The van der Waals surface area contributed by atoms with E-state index >= 15 is 0 Å². The van der Waals surface area contributed by atoms with E-state index in [1.54, 1.807) is 0 Å². The second kappa shape index (κ2) is 7.64. The number of aromatic nitrogens is 1. The van der Waals surface area contributed by atoms with E-state index in [0.717, 1.165) is 22.8 Å². The molecule has 0 saturated heterocycles. The number of benzene rings is 2. The number of anilines is 2. The van der Waals surface area contributed by atoms with Crippen molar-refractivity contribution in [1.29, 1.82) is 0 Å². The van der Waals surface area contributed by atoms with E-state index in [9.17, 15) is 0 Å². The third-order valence-corrected chi connectivity index (χ3v) is 3.99. The van der Waals surface area contributed by atoms with Crippen LogP contribution < -0.4 is 10.6 Å². The maximum atomic E-state index is 4.84. The van der Waals surface area contributed by atoms with Crippen molar-refractivity contribution in [3.63, 3.8) is 0 Å². The van der Waals surface area contributed by atoms with Crippen LogP contribution in [0.5, 0.6) is 0 Å². The summed E-state index contributed by atoms with van der Waals surface area (Å²) in [4.78, 5) is 4.84. The molecule has 1 aromatic heterocycles. The van der Waals surface area contributed by atoms with Crippen molar-refractivity contribution in [2.24, 2.45) is 0 Å². The zero-order chi connectivity index (χ0) is 16.8. The second-order valence-electron chi connectivity index (χ2n) is 5.95. The molecule has 0 bridgehead atoms. The lowest BCUT2D eigenvalue weighted by Crippen LogP contribution is -2.13. The molecule has 3 rings (SSSR count). The summed E-state index contributed by atoms with van der Waals surface area (Å²) in [7, 11) is 0. The van der Waals surface area contributed by atoms with E-state index in [1.807, 2.05) is 36.4 Å². The summed E-state index contributed by atoms with van der Waals surface area (Å²) in [6.07, 6.45) is 0. The standard InChI is InChI=1S/C21H23N3/c1-16(22-18-10-5-3-6-11-18)20-14-9-15-21(24-20)17(2)23-19-12-7-4-8-13-19/h3-17,22-23H,1-2H3. The molecule has 24 heavy (non-hydrogen) atoms. The van der Waals surface area contributed by atoms with Gasteiger partial charge in [-0.2, -0.15) is 0 Å². The minimum Gasteiger partial charge on any atom is -0.377 e. The molecule has 3 aromatic rings. The highest BCUT2D eigenvalue weighted by molar-refractivity contribution is 5.45. The summed E-state index contributed by atoms with van der Waals surface area (Å²) in [5, 5.41) is 6.98. The van der Waals surface area contributed by atoms with Gasteiger partial charge in [-0.1, -0.05) is 42.5 Å². The number of hydrogen-bond acceptors (Lipinski definition) is 3. The molecular weight excluding hydrogens is 294 g/mol. The number of pyridine rings is 1. The maximum Gasteiger partial charge on any atom is 0.0657 e.